The molecule has 0 aromatic heterocycles. The molecule has 0 unspecified atom stereocenters. The summed E-state index contributed by atoms with van der Waals surface area (Å²) in [6.45, 7) is 0. The maximum atomic E-state index is 11.5. The van der Waals surface area contributed by atoms with Gasteiger partial charge in [-0.05, 0) is 23.6 Å². The summed E-state index contributed by atoms with van der Waals surface area (Å²) in [7, 11) is 0. The first-order chi connectivity index (χ1) is 9.34. The van der Waals surface area contributed by atoms with Crippen molar-refractivity contribution in [2.24, 2.45) is 0 Å². The van der Waals surface area contributed by atoms with Gasteiger partial charge in [0.05, 0.1) is 6.26 Å². The highest BCUT2D eigenvalue weighted by molar-refractivity contribution is 5.71. The summed E-state index contributed by atoms with van der Waals surface area (Å²) in [5.41, 5.74) is 2.16. The molecule has 2 nitrogen and oxygen atoms in total. The van der Waals surface area contributed by atoms with E-state index in [0.29, 0.717) is 12.8 Å². The number of aryl methyl sites for hydroxylation is 1. The van der Waals surface area contributed by atoms with Gasteiger partial charge in [-0.25, -0.2) is 0 Å². The van der Waals surface area contributed by atoms with E-state index in [0.717, 1.165) is 11.1 Å². The second-order valence-corrected chi connectivity index (χ2v) is 4.19. The Labute approximate surface area is 113 Å². The van der Waals surface area contributed by atoms with Crippen molar-refractivity contribution in [2.45, 2.75) is 12.8 Å². The average molecular weight is 252 g/mol. The lowest BCUT2D eigenvalue weighted by molar-refractivity contribution is -0.137. The fraction of sp³-hybridized carbons (Fsp3) is 0.118. The highest BCUT2D eigenvalue weighted by atomic mass is 16.5. The Hall–Kier alpha value is -2.35. The monoisotopic (exact) mass is 252 g/mol. The van der Waals surface area contributed by atoms with Crippen LogP contribution in [0.5, 0.6) is 0 Å². The van der Waals surface area contributed by atoms with Crippen molar-refractivity contribution in [3.8, 4) is 0 Å². The predicted molar refractivity (Wildman–Crippen MR) is 76.3 cm³/mol. The molecule has 2 aromatic rings. The second-order valence-electron chi connectivity index (χ2n) is 4.19. The Bertz CT molecular complexity index is 530. The molecule has 0 aliphatic carbocycles. The normalized spacial score (nSPS) is 10.5. The number of carbonyl (C=O) groups excluding carboxylic acids is 1. The van der Waals surface area contributed by atoms with Crippen LogP contribution in [-0.2, 0) is 16.0 Å². The van der Waals surface area contributed by atoms with Gasteiger partial charge in [-0.15, -0.1) is 0 Å². The van der Waals surface area contributed by atoms with Crippen LogP contribution in [-0.4, -0.2) is 5.97 Å². The number of esters is 1. The maximum Gasteiger partial charge on any atom is 0.310 e. The molecule has 2 aromatic carbocycles. The van der Waals surface area contributed by atoms with E-state index in [1.54, 1.807) is 6.08 Å². The smallest absolute Gasteiger partial charge is 0.310 e. The van der Waals surface area contributed by atoms with Crippen LogP contribution < -0.4 is 0 Å². The number of ether oxygens (including phenoxy) is 1. The molecule has 0 atom stereocenters. The van der Waals surface area contributed by atoms with E-state index in [9.17, 15) is 4.79 Å². The van der Waals surface area contributed by atoms with Crippen molar-refractivity contribution in [1.29, 1.82) is 0 Å². The maximum absolute atomic E-state index is 11.5. The Balaban J connectivity index is 1.75. The van der Waals surface area contributed by atoms with Gasteiger partial charge in [0.25, 0.3) is 0 Å². The Kier molecular flexibility index (Phi) is 4.94. The van der Waals surface area contributed by atoms with Gasteiger partial charge in [-0.2, -0.15) is 0 Å². The van der Waals surface area contributed by atoms with Gasteiger partial charge in [0.2, 0.25) is 0 Å². The van der Waals surface area contributed by atoms with Gasteiger partial charge in [0.1, 0.15) is 0 Å². The van der Waals surface area contributed by atoms with Gasteiger partial charge in [0.15, 0.2) is 0 Å². The molecule has 0 saturated carbocycles. The number of hydrogen-bond acceptors (Lipinski definition) is 2. The molecule has 0 aliphatic rings. The molecule has 0 heterocycles. The molecule has 19 heavy (non-hydrogen) atoms. The standard InChI is InChI=1S/C17H16O2/c18-17(12-11-15-7-3-1-4-8-15)19-14-13-16-9-5-2-6-10-16/h1-10,13-14H,11-12H2/b14-13+. The van der Waals surface area contributed by atoms with E-state index < -0.39 is 0 Å². The molecular weight excluding hydrogens is 236 g/mol. The van der Waals surface area contributed by atoms with Crippen molar-refractivity contribution in [1.82, 2.24) is 0 Å². The van der Waals surface area contributed by atoms with Crippen molar-refractivity contribution in [3.63, 3.8) is 0 Å². The molecule has 0 fully saturated rings. The lowest BCUT2D eigenvalue weighted by atomic mass is 10.1. The van der Waals surface area contributed by atoms with Crippen LogP contribution in [0.1, 0.15) is 17.5 Å². The first-order valence-corrected chi connectivity index (χ1v) is 6.29. The number of rotatable bonds is 5. The van der Waals surface area contributed by atoms with Crippen molar-refractivity contribution >= 4 is 12.0 Å². The molecule has 0 aliphatic heterocycles. The Morgan fingerprint density at radius 1 is 0.947 bits per heavy atom. The van der Waals surface area contributed by atoms with Crippen molar-refractivity contribution in [3.05, 3.63) is 78.1 Å². The van der Waals surface area contributed by atoms with Crippen molar-refractivity contribution in [2.75, 3.05) is 0 Å². The zero-order valence-electron chi connectivity index (χ0n) is 10.7. The third-order valence-corrected chi connectivity index (χ3v) is 2.72. The van der Waals surface area contributed by atoms with Crippen molar-refractivity contribution < 1.29 is 9.53 Å². The van der Waals surface area contributed by atoms with Crippen LogP contribution in [0.4, 0.5) is 0 Å². The number of hydrogen-bond donors (Lipinski definition) is 0. The summed E-state index contributed by atoms with van der Waals surface area (Å²) in [6.07, 6.45) is 4.32. The van der Waals surface area contributed by atoms with Crippen LogP contribution in [0, 0.1) is 0 Å². The van der Waals surface area contributed by atoms with Gasteiger partial charge in [0, 0.05) is 6.42 Å². The van der Waals surface area contributed by atoms with Gasteiger partial charge < -0.3 is 4.74 Å². The summed E-state index contributed by atoms with van der Waals surface area (Å²) in [5.74, 6) is -0.212. The molecule has 0 bridgehead atoms. The van der Waals surface area contributed by atoms with Crippen LogP contribution in [0.2, 0.25) is 0 Å². The quantitative estimate of drug-likeness (QED) is 0.597. The molecule has 2 rings (SSSR count). The lowest BCUT2D eigenvalue weighted by Crippen LogP contribution is -2.01. The largest absolute Gasteiger partial charge is 0.434 e. The van der Waals surface area contributed by atoms with Gasteiger partial charge in [-0.1, -0.05) is 60.7 Å². The molecule has 0 radical (unpaired) electrons. The van der Waals surface area contributed by atoms with E-state index in [1.807, 2.05) is 60.7 Å². The van der Waals surface area contributed by atoms with Gasteiger partial charge >= 0.3 is 5.97 Å². The highest BCUT2D eigenvalue weighted by Gasteiger charge is 2.01. The Morgan fingerprint density at radius 3 is 2.26 bits per heavy atom. The average Bonchev–Trinajstić information content (AvgIpc) is 2.47. The first-order valence-electron chi connectivity index (χ1n) is 6.29. The SMILES string of the molecule is O=C(CCc1ccccc1)O/C=C/c1ccccc1. The molecule has 0 saturated heterocycles. The second kappa shape index (κ2) is 7.17. The summed E-state index contributed by atoms with van der Waals surface area (Å²) < 4.78 is 5.05. The van der Waals surface area contributed by atoms with E-state index in [4.69, 9.17) is 4.74 Å². The summed E-state index contributed by atoms with van der Waals surface area (Å²) >= 11 is 0. The third-order valence-electron chi connectivity index (χ3n) is 2.72. The van der Waals surface area contributed by atoms with E-state index in [-0.39, 0.29) is 5.97 Å². The summed E-state index contributed by atoms with van der Waals surface area (Å²) in [5, 5.41) is 0. The molecule has 0 N–H and O–H groups in total. The van der Waals surface area contributed by atoms with Gasteiger partial charge in [-0.3, -0.25) is 4.79 Å². The molecule has 2 heteroatoms. The molecule has 0 amide bonds. The predicted octanol–water partition coefficient (Wildman–Crippen LogP) is 3.83. The minimum atomic E-state index is -0.212. The van der Waals surface area contributed by atoms with E-state index in [2.05, 4.69) is 0 Å². The van der Waals surface area contributed by atoms with Crippen LogP contribution in [0.15, 0.2) is 66.9 Å². The minimum Gasteiger partial charge on any atom is -0.434 e. The fourth-order valence-corrected chi connectivity index (χ4v) is 1.70. The zero-order chi connectivity index (χ0) is 13.3. The van der Waals surface area contributed by atoms with Crippen LogP contribution >= 0.6 is 0 Å². The molecule has 0 spiro atoms. The summed E-state index contributed by atoms with van der Waals surface area (Å²) in [4.78, 5) is 11.5. The topological polar surface area (TPSA) is 26.3 Å². The van der Waals surface area contributed by atoms with E-state index in [1.165, 1.54) is 6.26 Å². The minimum absolute atomic E-state index is 0.212. The number of carbonyl (C=O) groups is 1. The molecular formula is C17H16O2. The summed E-state index contributed by atoms with van der Waals surface area (Å²) in [6, 6.07) is 19.6. The Morgan fingerprint density at radius 2 is 1.58 bits per heavy atom. The fourth-order valence-electron chi connectivity index (χ4n) is 1.70. The lowest BCUT2D eigenvalue weighted by Gasteiger charge is -2.00. The van der Waals surface area contributed by atoms with Crippen LogP contribution in [0.3, 0.4) is 0 Å². The molecule has 96 valence electrons. The zero-order valence-corrected chi connectivity index (χ0v) is 10.7. The first kappa shape index (κ1) is 13.1. The third kappa shape index (κ3) is 4.80. The van der Waals surface area contributed by atoms with Crippen LogP contribution in [0.25, 0.3) is 6.08 Å². The van der Waals surface area contributed by atoms with E-state index >= 15 is 0 Å². The number of benzene rings is 2. The highest BCUT2D eigenvalue weighted by Crippen LogP contribution is 2.05.